The highest BCUT2D eigenvalue weighted by Crippen LogP contribution is 2.35. The summed E-state index contributed by atoms with van der Waals surface area (Å²) in [5.74, 6) is 2.60. The summed E-state index contributed by atoms with van der Waals surface area (Å²) >= 11 is 1.32. The van der Waals surface area contributed by atoms with Gasteiger partial charge in [0.25, 0.3) is 0 Å². The van der Waals surface area contributed by atoms with Crippen LogP contribution in [0.4, 0.5) is 5.69 Å². The van der Waals surface area contributed by atoms with E-state index < -0.39 is 5.25 Å². The van der Waals surface area contributed by atoms with Crippen LogP contribution in [0.5, 0.6) is 17.2 Å². The zero-order valence-electron chi connectivity index (χ0n) is 19.9. The first-order chi connectivity index (χ1) is 17.0. The fraction of sp³-hybridized carbons (Fsp3) is 0.192. The average Bonchev–Trinajstić information content (AvgIpc) is 3.32. The first-order valence-electron chi connectivity index (χ1n) is 10.9. The van der Waals surface area contributed by atoms with Crippen LogP contribution < -0.4 is 19.5 Å². The molecule has 1 atom stereocenters. The molecule has 3 aromatic carbocycles. The molecule has 1 aromatic heterocycles. The van der Waals surface area contributed by atoms with Crippen LogP contribution in [-0.4, -0.2) is 47.3 Å². The normalized spacial score (nSPS) is 11.5. The number of aromatic nitrogens is 3. The number of rotatable bonds is 9. The number of hydrogen-bond donors (Lipinski definition) is 1. The number of methoxy groups -OCH3 is 3. The van der Waals surface area contributed by atoms with Crippen LogP contribution in [0, 0.1) is 0 Å². The van der Waals surface area contributed by atoms with Crippen LogP contribution in [-0.2, 0) is 4.79 Å². The summed E-state index contributed by atoms with van der Waals surface area (Å²) in [7, 11) is 4.84. The molecule has 1 heterocycles. The maximum Gasteiger partial charge on any atom is 0.237 e. The van der Waals surface area contributed by atoms with Gasteiger partial charge in [0.15, 0.2) is 11.0 Å². The van der Waals surface area contributed by atoms with Crippen LogP contribution in [0.2, 0.25) is 0 Å². The second kappa shape index (κ2) is 11.0. The van der Waals surface area contributed by atoms with Gasteiger partial charge < -0.3 is 19.5 Å². The predicted octanol–water partition coefficient (Wildman–Crippen LogP) is 5.08. The highest BCUT2D eigenvalue weighted by Gasteiger charge is 2.23. The van der Waals surface area contributed by atoms with Crippen molar-refractivity contribution in [1.82, 2.24) is 14.8 Å². The van der Waals surface area contributed by atoms with Crippen molar-refractivity contribution in [2.24, 2.45) is 0 Å². The van der Waals surface area contributed by atoms with Gasteiger partial charge in [-0.25, -0.2) is 0 Å². The Bertz CT molecular complexity index is 1290. The molecule has 0 spiro atoms. The molecule has 1 N–H and O–H groups in total. The number of nitrogens with zero attached hydrogens (tertiary/aromatic N) is 3. The van der Waals surface area contributed by atoms with Gasteiger partial charge in [0.2, 0.25) is 5.91 Å². The maximum absolute atomic E-state index is 12.9. The molecule has 0 bridgehead atoms. The van der Waals surface area contributed by atoms with Crippen LogP contribution in [0.3, 0.4) is 0 Å². The lowest BCUT2D eigenvalue weighted by atomic mass is 10.2. The summed E-state index contributed by atoms with van der Waals surface area (Å²) in [5, 5.41) is 12.0. The van der Waals surface area contributed by atoms with Gasteiger partial charge >= 0.3 is 0 Å². The molecular formula is C26H26N4O4S. The molecule has 0 aliphatic heterocycles. The van der Waals surface area contributed by atoms with Crippen molar-refractivity contribution in [2.75, 3.05) is 26.6 Å². The van der Waals surface area contributed by atoms with Gasteiger partial charge in [0, 0.05) is 5.69 Å². The van der Waals surface area contributed by atoms with Crippen LogP contribution in [0.1, 0.15) is 6.92 Å². The largest absolute Gasteiger partial charge is 0.497 e. The van der Waals surface area contributed by atoms with Crippen LogP contribution in [0.25, 0.3) is 17.1 Å². The highest BCUT2D eigenvalue weighted by atomic mass is 32.2. The minimum atomic E-state index is -0.441. The van der Waals surface area contributed by atoms with Gasteiger partial charge in [-0.05, 0) is 67.6 Å². The molecular weight excluding hydrogens is 464 g/mol. The van der Waals surface area contributed by atoms with Crippen molar-refractivity contribution < 1.29 is 19.0 Å². The number of para-hydroxylation sites is 1. The second-order valence-corrected chi connectivity index (χ2v) is 8.83. The summed E-state index contributed by atoms with van der Waals surface area (Å²) in [6, 6.07) is 22.4. The number of carbonyl (C=O) groups is 1. The monoisotopic (exact) mass is 490 g/mol. The smallest absolute Gasteiger partial charge is 0.237 e. The summed E-state index contributed by atoms with van der Waals surface area (Å²) in [5.41, 5.74) is 2.32. The minimum absolute atomic E-state index is 0.150. The molecule has 35 heavy (non-hydrogen) atoms. The molecule has 0 saturated heterocycles. The zero-order chi connectivity index (χ0) is 24.8. The molecule has 9 heteroatoms. The molecule has 0 saturated carbocycles. The highest BCUT2D eigenvalue weighted by molar-refractivity contribution is 8.00. The van der Waals surface area contributed by atoms with E-state index in [-0.39, 0.29) is 5.91 Å². The van der Waals surface area contributed by atoms with Crippen molar-refractivity contribution in [2.45, 2.75) is 17.3 Å². The van der Waals surface area contributed by atoms with Gasteiger partial charge in [0.1, 0.15) is 17.2 Å². The Kier molecular flexibility index (Phi) is 7.57. The lowest BCUT2D eigenvalue weighted by Gasteiger charge is -2.15. The van der Waals surface area contributed by atoms with Crippen LogP contribution in [0.15, 0.2) is 78.0 Å². The van der Waals surface area contributed by atoms with E-state index in [4.69, 9.17) is 14.2 Å². The van der Waals surface area contributed by atoms with E-state index in [0.717, 1.165) is 22.7 Å². The van der Waals surface area contributed by atoms with E-state index in [1.807, 2.05) is 60.0 Å². The predicted molar refractivity (Wildman–Crippen MR) is 137 cm³/mol. The minimum Gasteiger partial charge on any atom is -0.497 e. The Hall–Kier alpha value is -3.98. The van der Waals surface area contributed by atoms with Crippen molar-refractivity contribution in [3.63, 3.8) is 0 Å². The van der Waals surface area contributed by atoms with Crippen molar-refractivity contribution in [3.05, 3.63) is 72.8 Å². The SMILES string of the molecule is COc1ccc(NC(=O)C(C)Sc2nnc(-c3ccccc3OC)n2-c2ccc(OC)cc2)cc1. The Morgan fingerprint density at radius 3 is 2.11 bits per heavy atom. The lowest BCUT2D eigenvalue weighted by Crippen LogP contribution is -2.22. The third kappa shape index (κ3) is 5.41. The van der Waals surface area contributed by atoms with Crippen molar-refractivity contribution in [3.8, 4) is 34.3 Å². The number of thioether (sulfide) groups is 1. The molecule has 0 aliphatic carbocycles. The molecule has 0 aliphatic rings. The molecule has 1 unspecified atom stereocenters. The molecule has 0 fully saturated rings. The molecule has 8 nitrogen and oxygen atoms in total. The van der Waals surface area contributed by atoms with Gasteiger partial charge in [0.05, 0.1) is 37.8 Å². The third-order valence-corrected chi connectivity index (χ3v) is 6.36. The molecule has 4 rings (SSSR count). The fourth-order valence-corrected chi connectivity index (χ4v) is 4.31. The zero-order valence-corrected chi connectivity index (χ0v) is 20.7. The first kappa shape index (κ1) is 24.2. The standard InChI is InChI=1S/C26H26N4O4S/c1-17(25(31)27-18-9-13-20(32-2)14-10-18)35-26-29-28-24(22-7-5-6-8-23(22)34-4)30(26)19-11-15-21(33-3)16-12-19/h5-17H,1-4H3,(H,27,31). The summed E-state index contributed by atoms with van der Waals surface area (Å²) in [6.07, 6.45) is 0. The number of anilines is 1. The average molecular weight is 491 g/mol. The Balaban J connectivity index is 1.65. The Morgan fingerprint density at radius 1 is 0.857 bits per heavy atom. The number of carbonyl (C=O) groups excluding carboxylic acids is 1. The first-order valence-corrected chi connectivity index (χ1v) is 11.8. The van der Waals surface area contributed by atoms with Gasteiger partial charge in [-0.3, -0.25) is 9.36 Å². The number of benzene rings is 3. The molecule has 180 valence electrons. The van der Waals surface area contributed by atoms with Gasteiger partial charge in [-0.15, -0.1) is 10.2 Å². The number of hydrogen-bond acceptors (Lipinski definition) is 7. The Morgan fingerprint density at radius 2 is 1.49 bits per heavy atom. The molecule has 0 radical (unpaired) electrons. The second-order valence-electron chi connectivity index (χ2n) is 7.52. The topological polar surface area (TPSA) is 87.5 Å². The lowest BCUT2D eigenvalue weighted by molar-refractivity contribution is -0.115. The number of amides is 1. The van der Waals surface area contributed by atoms with E-state index in [0.29, 0.717) is 22.4 Å². The van der Waals surface area contributed by atoms with Crippen LogP contribution >= 0.6 is 11.8 Å². The van der Waals surface area contributed by atoms with Gasteiger partial charge in [-0.1, -0.05) is 23.9 Å². The molecule has 1 amide bonds. The summed E-state index contributed by atoms with van der Waals surface area (Å²) in [6.45, 7) is 1.83. The fourth-order valence-electron chi connectivity index (χ4n) is 3.44. The van der Waals surface area contributed by atoms with E-state index >= 15 is 0 Å². The number of nitrogens with one attached hydrogen (secondary N) is 1. The van der Waals surface area contributed by atoms with E-state index in [1.54, 1.807) is 45.6 Å². The van der Waals surface area contributed by atoms with E-state index in [9.17, 15) is 4.79 Å². The maximum atomic E-state index is 12.9. The van der Waals surface area contributed by atoms with Crippen molar-refractivity contribution >= 4 is 23.4 Å². The van der Waals surface area contributed by atoms with E-state index in [1.165, 1.54) is 11.8 Å². The van der Waals surface area contributed by atoms with Crippen molar-refractivity contribution in [1.29, 1.82) is 0 Å². The quantitative estimate of drug-likeness (QED) is 0.327. The third-order valence-electron chi connectivity index (χ3n) is 5.32. The molecule has 4 aromatic rings. The van der Waals surface area contributed by atoms with Gasteiger partial charge in [-0.2, -0.15) is 0 Å². The summed E-state index contributed by atoms with van der Waals surface area (Å²) < 4.78 is 18.0. The number of ether oxygens (including phenoxy) is 3. The Labute approximate surface area is 208 Å². The summed E-state index contributed by atoms with van der Waals surface area (Å²) in [4.78, 5) is 12.9. The van der Waals surface area contributed by atoms with E-state index in [2.05, 4.69) is 15.5 Å².